The number of amides is 2. The van der Waals surface area contributed by atoms with Crippen molar-refractivity contribution in [3.8, 4) is 0 Å². The van der Waals surface area contributed by atoms with Gasteiger partial charge in [0.15, 0.2) is 0 Å². The summed E-state index contributed by atoms with van der Waals surface area (Å²) in [6.45, 7) is 14.1. The molecule has 35 heavy (non-hydrogen) atoms. The van der Waals surface area contributed by atoms with Crippen molar-refractivity contribution < 1.29 is 28.9 Å². The number of carbonyl (C=O) groups excluding carboxylic acids is 2. The lowest BCUT2D eigenvalue weighted by molar-refractivity contribution is -0.126. The number of aliphatic hydroxyl groups is 1. The molecule has 12 heteroatoms. The first-order valence-electron chi connectivity index (χ1n) is 11.8. The summed E-state index contributed by atoms with van der Waals surface area (Å²) < 4.78 is 18.2. The standard InChI is InChI=1S/C23H39N5O6S/c1-17(29)19-16-35-20(22(31)25-19)13-21(30)24-14-18-15-28(27-26-18)6-8-33-10-12-34-11-9-32-7-5-23(2,3)4/h15,19-20,29H,1,5-14,16H2,2-4H3,(H,24,30)(H,25,31). The third-order valence-electron chi connectivity index (χ3n) is 5.10. The summed E-state index contributed by atoms with van der Waals surface area (Å²) in [6.07, 6.45) is 2.82. The van der Waals surface area contributed by atoms with Gasteiger partial charge >= 0.3 is 0 Å². The SMILES string of the molecule is C=C(O)C1CSC(CC(=O)NCc2cn(CCOCCOCCOCCC(C)(C)C)nn2)C(=O)N1. The lowest BCUT2D eigenvalue weighted by Gasteiger charge is -2.27. The fourth-order valence-corrected chi connectivity index (χ4v) is 4.15. The van der Waals surface area contributed by atoms with Crippen LogP contribution in [0.4, 0.5) is 0 Å². The molecule has 1 aliphatic rings. The molecule has 1 aromatic rings. The number of hydrogen-bond acceptors (Lipinski definition) is 9. The van der Waals surface area contributed by atoms with E-state index >= 15 is 0 Å². The topological polar surface area (TPSA) is 137 Å². The molecule has 0 bridgehead atoms. The molecule has 0 spiro atoms. The number of aromatic nitrogens is 3. The van der Waals surface area contributed by atoms with Gasteiger partial charge in [0.25, 0.3) is 0 Å². The number of rotatable bonds is 16. The molecule has 0 radical (unpaired) electrons. The van der Waals surface area contributed by atoms with Crippen molar-refractivity contribution in [2.75, 3.05) is 45.4 Å². The van der Waals surface area contributed by atoms with E-state index in [0.29, 0.717) is 51.0 Å². The first-order valence-corrected chi connectivity index (χ1v) is 12.9. The van der Waals surface area contributed by atoms with E-state index in [-0.39, 0.29) is 36.0 Å². The highest BCUT2D eigenvalue weighted by Gasteiger charge is 2.31. The Kier molecular flexibility index (Phi) is 12.5. The van der Waals surface area contributed by atoms with Gasteiger partial charge in [-0.15, -0.1) is 16.9 Å². The molecule has 1 fully saturated rings. The summed E-state index contributed by atoms with van der Waals surface area (Å²) in [7, 11) is 0. The number of thioether (sulfide) groups is 1. The molecule has 3 N–H and O–H groups in total. The minimum atomic E-state index is -0.497. The van der Waals surface area contributed by atoms with Crippen molar-refractivity contribution in [1.82, 2.24) is 25.6 Å². The molecule has 1 saturated heterocycles. The summed E-state index contributed by atoms with van der Waals surface area (Å²) >= 11 is 1.33. The quantitative estimate of drug-likeness (QED) is 0.221. The third-order valence-corrected chi connectivity index (χ3v) is 6.41. The summed E-state index contributed by atoms with van der Waals surface area (Å²) in [5.74, 6) is -0.134. The average molecular weight is 514 g/mol. The maximum Gasteiger partial charge on any atom is 0.234 e. The van der Waals surface area contributed by atoms with Crippen molar-refractivity contribution in [3.63, 3.8) is 0 Å². The van der Waals surface area contributed by atoms with Crippen molar-refractivity contribution in [2.24, 2.45) is 5.41 Å². The number of nitrogens with one attached hydrogen (secondary N) is 2. The van der Waals surface area contributed by atoms with Gasteiger partial charge in [0.2, 0.25) is 11.8 Å². The fraction of sp³-hybridized carbons (Fsp3) is 0.739. The molecule has 2 heterocycles. The first-order chi connectivity index (χ1) is 16.6. The van der Waals surface area contributed by atoms with Gasteiger partial charge in [0, 0.05) is 18.8 Å². The van der Waals surface area contributed by atoms with E-state index in [1.54, 1.807) is 10.9 Å². The van der Waals surface area contributed by atoms with Crippen LogP contribution in [-0.4, -0.2) is 88.6 Å². The molecular weight excluding hydrogens is 474 g/mol. The maximum absolute atomic E-state index is 12.2. The molecule has 2 rings (SSSR count). The molecule has 1 aromatic heterocycles. The Balaban J connectivity index is 1.49. The highest BCUT2D eigenvalue weighted by molar-refractivity contribution is 8.00. The zero-order valence-corrected chi connectivity index (χ0v) is 21.8. The van der Waals surface area contributed by atoms with Gasteiger partial charge in [0.1, 0.15) is 11.5 Å². The molecule has 1 aliphatic heterocycles. The summed E-state index contributed by atoms with van der Waals surface area (Å²) in [4.78, 5) is 24.3. The molecule has 2 atom stereocenters. The van der Waals surface area contributed by atoms with Crippen LogP contribution >= 0.6 is 11.8 Å². The number of ether oxygens (including phenoxy) is 3. The Morgan fingerprint density at radius 1 is 1.23 bits per heavy atom. The Labute approximate surface area is 211 Å². The van der Waals surface area contributed by atoms with Crippen LogP contribution in [-0.2, 0) is 36.9 Å². The lowest BCUT2D eigenvalue weighted by Crippen LogP contribution is -2.48. The van der Waals surface area contributed by atoms with E-state index in [1.165, 1.54) is 11.8 Å². The summed E-state index contributed by atoms with van der Waals surface area (Å²) in [6, 6.07) is -0.471. The average Bonchev–Trinajstić information content (AvgIpc) is 3.24. The highest BCUT2D eigenvalue weighted by Crippen LogP contribution is 2.22. The van der Waals surface area contributed by atoms with Crippen LogP contribution in [0.25, 0.3) is 0 Å². The Morgan fingerprint density at radius 2 is 1.89 bits per heavy atom. The largest absolute Gasteiger partial charge is 0.511 e. The molecule has 2 unspecified atom stereocenters. The van der Waals surface area contributed by atoms with Crippen molar-refractivity contribution in [1.29, 1.82) is 0 Å². The van der Waals surface area contributed by atoms with E-state index in [1.807, 2.05) is 0 Å². The molecule has 198 valence electrons. The molecule has 2 amide bonds. The van der Waals surface area contributed by atoms with Gasteiger partial charge in [-0.3, -0.25) is 9.59 Å². The van der Waals surface area contributed by atoms with Crippen LogP contribution in [0.1, 0.15) is 39.3 Å². The van der Waals surface area contributed by atoms with Gasteiger partial charge in [-0.2, -0.15) is 0 Å². The van der Waals surface area contributed by atoms with Gasteiger partial charge in [-0.25, -0.2) is 4.68 Å². The second-order valence-electron chi connectivity index (χ2n) is 9.48. The number of aliphatic hydroxyl groups excluding tert-OH is 1. The molecule has 0 saturated carbocycles. The summed E-state index contributed by atoms with van der Waals surface area (Å²) in [5.41, 5.74) is 0.898. The fourth-order valence-electron chi connectivity index (χ4n) is 2.96. The van der Waals surface area contributed by atoms with E-state index < -0.39 is 11.3 Å². The Morgan fingerprint density at radius 3 is 2.51 bits per heavy atom. The van der Waals surface area contributed by atoms with Gasteiger partial charge < -0.3 is 30.0 Å². The van der Waals surface area contributed by atoms with Crippen molar-refractivity contribution >= 4 is 23.6 Å². The van der Waals surface area contributed by atoms with Gasteiger partial charge in [0.05, 0.1) is 63.6 Å². The molecule has 0 aliphatic carbocycles. The maximum atomic E-state index is 12.2. The smallest absolute Gasteiger partial charge is 0.234 e. The number of nitrogens with zero attached hydrogens (tertiary/aromatic N) is 3. The minimum Gasteiger partial charge on any atom is -0.511 e. The van der Waals surface area contributed by atoms with Crippen molar-refractivity contribution in [2.45, 2.75) is 58.0 Å². The summed E-state index contributed by atoms with van der Waals surface area (Å²) in [5, 5.41) is 22.4. The number of hydrogen-bond donors (Lipinski definition) is 3. The zero-order valence-electron chi connectivity index (χ0n) is 21.0. The predicted molar refractivity (Wildman–Crippen MR) is 133 cm³/mol. The second-order valence-corrected chi connectivity index (χ2v) is 10.7. The Hall–Kier alpha value is -2.15. The van der Waals surface area contributed by atoms with Crippen molar-refractivity contribution in [3.05, 3.63) is 24.2 Å². The Bertz CT molecular complexity index is 813. The van der Waals surface area contributed by atoms with E-state index in [2.05, 4.69) is 48.3 Å². The van der Waals surface area contributed by atoms with Crippen LogP contribution in [0.3, 0.4) is 0 Å². The van der Waals surface area contributed by atoms with Crippen LogP contribution in [0.2, 0.25) is 0 Å². The van der Waals surface area contributed by atoms with Crippen LogP contribution < -0.4 is 10.6 Å². The van der Waals surface area contributed by atoms with Gasteiger partial charge in [-0.1, -0.05) is 32.6 Å². The highest BCUT2D eigenvalue weighted by atomic mass is 32.2. The van der Waals surface area contributed by atoms with E-state index in [0.717, 1.165) is 13.0 Å². The minimum absolute atomic E-state index is 0.0498. The first kappa shape index (κ1) is 29.1. The second kappa shape index (κ2) is 15.1. The lowest BCUT2D eigenvalue weighted by atomic mass is 9.93. The van der Waals surface area contributed by atoms with Crippen LogP contribution in [0.5, 0.6) is 0 Å². The monoisotopic (exact) mass is 513 g/mol. The zero-order chi connectivity index (χ0) is 25.7. The third kappa shape index (κ3) is 12.4. The van der Waals surface area contributed by atoms with E-state index in [4.69, 9.17) is 14.2 Å². The predicted octanol–water partition coefficient (Wildman–Crippen LogP) is 1.44. The molecule has 11 nitrogen and oxygen atoms in total. The van der Waals surface area contributed by atoms with Crippen LogP contribution in [0, 0.1) is 5.41 Å². The molecule has 0 aromatic carbocycles. The van der Waals surface area contributed by atoms with Gasteiger partial charge in [-0.05, 0) is 11.8 Å². The normalized spacial score (nSPS) is 18.3. The van der Waals surface area contributed by atoms with E-state index in [9.17, 15) is 14.7 Å². The number of carbonyl (C=O) groups is 2. The molecular formula is C23H39N5O6S. The van der Waals surface area contributed by atoms with Crippen LogP contribution in [0.15, 0.2) is 18.5 Å².